The maximum absolute atomic E-state index is 12.0. The standard InChI is InChI=1S/C17H24N4O2/c1-5-21(6-2)14-7-8-15(12(3)9-14)19-17(22)11-18-16-10-13(4)23-20-16/h7-10H,5-6,11H2,1-4H3,(H,18,20)(H,19,22). The zero-order valence-corrected chi connectivity index (χ0v) is 14.1. The molecule has 0 saturated carbocycles. The largest absolute Gasteiger partial charge is 0.372 e. The van der Waals surface area contributed by atoms with Gasteiger partial charge in [-0.15, -0.1) is 0 Å². The molecule has 0 aliphatic heterocycles. The Morgan fingerprint density at radius 3 is 2.52 bits per heavy atom. The lowest BCUT2D eigenvalue weighted by Crippen LogP contribution is -2.23. The first-order valence-corrected chi connectivity index (χ1v) is 7.86. The minimum atomic E-state index is -0.121. The molecule has 6 nitrogen and oxygen atoms in total. The van der Waals surface area contributed by atoms with Crippen molar-refractivity contribution < 1.29 is 9.32 Å². The maximum Gasteiger partial charge on any atom is 0.243 e. The molecule has 0 saturated heterocycles. The summed E-state index contributed by atoms with van der Waals surface area (Å²) in [5, 5.41) is 9.63. The first kappa shape index (κ1) is 16.9. The van der Waals surface area contributed by atoms with Gasteiger partial charge in [-0.25, -0.2) is 0 Å². The quantitative estimate of drug-likeness (QED) is 0.821. The van der Waals surface area contributed by atoms with Crippen molar-refractivity contribution in [3.05, 3.63) is 35.6 Å². The molecule has 0 radical (unpaired) electrons. The topological polar surface area (TPSA) is 70.4 Å². The normalized spacial score (nSPS) is 10.4. The summed E-state index contributed by atoms with van der Waals surface area (Å²) < 4.78 is 4.94. The summed E-state index contributed by atoms with van der Waals surface area (Å²) in [6.07, 6.45) is 0. The third-order valence-corrected chi connectivity index (χ3v) is 3.67. The van der Waals surface area contributed by atoms with Crippen molar-refractivity contribution >= 4 is 23.1 Å². The van der Waals surface area contributed by atoms with E-state index < -0.39 is 0 Å². The van der Waals surface area contributed by atoms with Crippen molar-refractivity contribution in [3.8, 4) is 0 Å². The number of hydrogen-bond acceptors (Lipinski definition) is 5. The molecule has 6 heteroatoms. The second-order valence-corrected chi connectivity index (χ2v) is 5.40. The summed E-state index contributed by atoms with van der Waals surface area (Å²) in [6, 6.07) is 7.82. The van der Waals surface area contributed by atoms with E-state index in [-0.39, 0.29) is 12.5 Å². The second-order valence-electron chi connectivity index (χ2n) is 5.40. The van der Waals surface area contributed by atoms with Crippen LogP contribution in [0, 0.1) is 13.8 Å². The molecule has 0 atom stereocenters. The highest BCUT2D eigenvalue weighted by Crippen LogP contribution is 2.22. The highest BCUT2D eigenvalue weighted by molar-refractivity contribution is 5.94. The Labute approximate surface area is 136 Å². The summed E-state index contributed by atoms with van der Waals surface area (Å²) >= 11 is 0. The highest BCUT2D eigenvalue weighted by Gasteiger charge is 2.08. The maximum atomic E-state index is 12.0. The summed E-state index contributed by atoms with van der Waals surface area (Å²) in [5.41, 5.74) is 3.03. The van der Waals surface area contributed by atoms with Gasteiger partial charge in [0.05, 0.1) is 6.54 Å². The Bertz CT molecular complexity index is 662. The van der Waals surface area contributed by atoms with Crippen molar-refractivity contribution in [2.24, 2.45) is 0 Å². The van der Waals surface area contributed by atoms with Gasteiger partial charge in [0.25, 0.3) is 0 Å². The molecule has 0 unspecified atom stereocenters. The fraction of sp³-hybridized carbons (Fsp3) is 0.412. The lowest BCUT2D eigenvalue weighted by atomic mass is 10.1. The summed E-state index contributed by atoms with van der Waals surface area (Å²) in [5.74, 6) is 1.14. The lowest BCUT2D eigenvalue weighted by molar-refractivity contribution is -0.114. The Hall–Kier alpha value is -2.50. The summed E-state index contributed by atoms with van der Waals surface area (Å²) in [4.78, 5) is 14.3. The molecule has 1 amide bonds. The number of benzene rings is 1. The summed E-state index contributed by atoms with van der Waals surface area (Å²) in [7, 11) is 0. The second kappa shape index (κ2) is 7.67. The number of aromatic nitrogens is 1. The van der Waals surface area contributed by atoms with Crippen LogP contribution in [0.15, 0.2) is 28.8 Å². The number of hydrogen-bond donors (Lipinski definition) is 2. The smallest absolute Gasteiger partial charge is 0.243 e. The van der Waals surface area contributed by atoms with Crippen LogP contribution in [0.5, 0.6) is 0 Å². The van der Waals surface area contributed by atoms with E-state index in [1.54, 1.807) is 13.0 Å². The van der Waals surface area contributed by atoms with E-state index in [4.69, 9.17) is 4.52 Å². The van der Waals surface area contributed by atoms with Crippen molar-refractivity contribution in [3.63, 3.8) is 0 Å². The molecule has 2 aromatic rings. The van der Waals surface area contributed by atoms with Crippen LogP contribution in [0.3, 0.4) is 0 Å². The van der Waals surface area contributed by atoms with Gasteiger partial charge in [-0.1, -0.05) is 5.16 Å². The zero-order chi connectivity index (χ0) is 16.8. The van der Waals surface area contributed by atoms with Gasteiger partial charge in [0, 0.05) is 30.5 Å². The van der Waals surface area contributed by atoms with Crippen molar-refractivity contribution in [1.82, 2.24) is 5.16 Å². The molecular weight excluding hydrogens is 292 g/mol. The molecule has 0 spiro atoms. The number of carbonyl (C=O) groups is 1. The van der Waals surface area contributed by atoms with Crippen molar-refractivity contribution in [1.29, 1.82) is 0 Å². The van der Waals surface area contributed by atoms with Crippen molar-refractivity contribution in [2.75, 3.05) is 35.2 Å². The number of anilines is 3. The van der Waals surface area contributed by atoms with E-state index >= 15 is 0 Å². The van der Waals surface area contributed by atoms with Crippen LogP contribution >= 0.6 is 0 Å². The molecule has 1 heterocycles. The lowest BCUT2D eigenvalue weighted by Gasteiger charge is -2.22. The predicted octanol–water partition coefficient (Wildman–Crippen LogP) is 3.19. The molecule has 0 bridgehead atoms. The molecule has 1 aromatic heterocycles. The van der Waals surface area contributed by atoms with Crippen LogP contribution < -0.4 is 15.5 Å². The minimum absolute atomic E-state index is 0.121. The molecule has 2 rings (SSSR count). The van der Waals surface area contributed by atoms with Crippen molar-refractivity contribution in [2.45, 2.75) is 27.7 Å². The molecule has 124 valence electrons. The zero-order valence-electron chi connectivity index (χ0n) is 14.1. The number of nitrogens with one attached hydrogen (secondary N) is 2. The van der Waals surface area contributed by atoms with E-state index in [9.17, 15) is 4.79 Å². The first-order valence-electron chi connectivity index (χ1n) is 7.86. The molecule has 2 N–H and O–H groups in total. The Kier molecular flexibility index (Phi) is 5.62. The van der Waals surface area contributed by atoms with Gasteiger partial charge in [-0.3, -0.25) is 4.79 Å². The fourth-order valence-electron chi connectivity index (χ4n) is 2.39. The number of nitrogens with zero attached hydrogens (tertiary/aromatic N) is 2. The van der Waals surface area contributed by atoms with E-state index in [0.29, 0.717) is 11.6 Å². The average molecular weight is 316 g/mol. The number of aryl methyl sites for hydroxylation is 2. The van der Waals surface area contributed by atoms with Crippen LogP contribution in [0.2, 0.25) is 0 Å². The van der Waals surface area contributed by atoms with Gasteiger partial charge in [0.1, 0.15) is 5.76 Å². The van der Waals surface area contributed by atoms with E-state index in [2.05, 4.69) is 40.6 Å². The van der Waals surface area contributed by atoms with Gasteiger partial charge >= 0.3 is 0 Å². The molecule has 0 fully saturated rings. The van der Waals surface area contributed by atoms with Gasteiger partial charge in [0.15, 0.2) is 5.82 Å². The van der Waals surface area contributed by atoms with Crippen LogP contribution in [0.25, 0.3) is 0 Å². The number of amides is 1. The van der Waals surface area contributed by atoms with E-state index in [1.165, 1.54) is 5.69 Å². The van der Waals surface area contributed by atoms with Crippen LogP contribution in [-0.2, 0) is 4.79 Å². The average Bonchev–Trinajstić information content (AvgIpc) is 2.95. The van der Waals surface area contributed by atoms with Crippen LogP contribution in [-0.4, -0.2) is 30.7 Å². The van der Waals surface area contributed by atoms with Gasteiger partial charge in [-0.05, 0) is 51.5 Å². The monoisotopic (exact) mass is 316 g/mol. The van der Waals surface area contributed by atoms with E-state index in [0.717, 1.165) is 24.3 Å². The Morgan fingerprint density at radius 2 is 1.96 bits per heavy atom. The Balaban J connectivity index is 1.95. The highest BCUT2D eigenvalue weighted by atomic mass is 16.5. The fourth-order valence-corrected chi connectivity index (χ4v) is 2.39. The third kappa shape index (κ3) is 4.48. The molecule has 23 heavy (non-hydrogen) atoms. The number of carbonyl (C=O) groups excluding carboxylic acids is 1. The predicted molar refractivity (Wildman–Crippen MR) is 93.1 cm³/mol. The van der Waals surface area contributed by atoms with Gasteiger partial charge in [0.2, 0.25) is 5.91 Å². The molecule has 0 aliphatic carbocycles. The summed E-state index contributed by atoms with van der Waals surface area (Å²) in [6.45, 7) is 10.1. The Morgan fingerprint density at radius 1 is 1.22 bits per heavy atom. The SMILES string of the molecule is CCN(CC)c1ccc(NC(=O)CNc2cc(C)on2)c(C)c1. The molecule has 1 aromatic carbocycles. The van der Waals surface area contributed by atoms with Crippen LogP contribution in [0.1, 0.15) is 25.2 Å². The molecular formula is C17H24N4O2. The van der Waals surface area contributed by atoms with E-state index in [1.807, 2.05) is 19.1 Å². The minimum Gasteiger partial charge on any atom is -0.372 e. The first-order chi connectivity index (χ1) is 11.0. The molecule has 0 aliphatic rings. The van der Waals surface area contributed by atoms with Crippen LogP contribution in [0.4, 0.5) is 17.2 Å². The van der Waals surface area contributed by atoms with Gasteiger partial charge in [-0.2, -0.15) is 0 Å². The number of rotatable bonds is 7. The third-order valence-electron chi connectivity index (χ3n) is 3.67. The van der Waals surface area contributed by atoms with Gasteiger partial charge < -0.3 is 20.1 Å².